The van der Waals surface area contributed by atoms with Gasteiger partial charge < -0.3 is 26.0 Å². The van der Waals surface area contributed by atoms with Crippen LogP contribution >= 0.6 is 0 Å². The molecule has 0 radical (unpaired) electrons. The monoisotopic (exact) mass is 340 g/mol. The summed E-state index contributed by atoms with van der Waals surface area (Å²) in [5.74, 6) is -0.167. The Balaban J connectivity index is 2.50. The van der Waals surface area contributed by atoms with Crippen molar-refractivity contribution in [3.8, 4) is 22.6 Å². The normalized spacial score (nSPS) is 10.6. The maximum absolute atomic E-state index is 11.8. The molecule has 1 aromatic heterocycles. The maximum Gasteiger partial charge on any atom is 0.336 e. The molecule has 0 aliphatic rings. The zero-order valence-corrected chi connectivity index (χ0v) is 13.6. The van der Waals surface area contributed by atoms with E-state index >= 15 is 0 Å². The van der Waals surface area contributed by atoms with E-state index in [4.69, 9.17) is 20.9 Å². The lowest BCUT2D eigenvalue weighted by Crippen LogP contribution is -2.06. The van der Waals surface area contributed by atoms with Gasteiger partial charge in [-0.2, -0.15) is 4.98 Å². The first kappa shape index (κ1) is 16.3. The standard InChI is InChI=1S/C17H16N4O4/c1-24-11-5-3-4-8(14(11)25-2)12-9(16(22)23)6-7-10-13(12)15(18)21-17(19)20-10/h3-7H,1-2H3,(H,22,23)(H4,18,19,20,21). The number of para-hydroxylation sites is 1. The van der Waals surface area contributed by atoms with Gasteiger partial charge >= 0.3 is 5.97 Å². The Labute approximate surface area is 143 Å². The Morgan fingerprint density at radius 1 is 1.08 bits per heavy atom. The molecule has 0 atom stereocenters. The van der Waals surface area contributed by atoms with Crippen LogP contribution in [0.4, 0.5) is 11.8 Å². The number of aromatic nitrogens is 2. The van der Waals surface area contributed by atoms with Crippen molar-refractivity contribution in [2.45, 2.75) is 0 Å². The number of hydrogen-bond acceptors (Lipinski definition) is 7. The largest absolute Gasteiger partial charge is 0.493 e. The van der Waals surface area contributed by atoms with Gasteiger partial charge in [0, 0.05) is 11.1 Å². The van der Waals surface area contributed by atoms with E-state index in [-0.39, 0.29) is 17.3 Å². The van der Waals surface area contributed by atoms with Crippen molar-refractivity contribution in [2.75, 3.05) is 25.7 Å². The fraction of sp³-hybridized carbons (Fsp3) is 0.118. The highest BCUT2D eigenvalue weighted by Gasteiger charge is 2.23. The van der Waals surface area contributed by atoms with Crippen LogP contribution in [-0.4, -0.2) is 35.3 Å². The summed E-state index contributed by atoms with van der Waals surface area (Å²) in [5.41, 5.74) is 13.0. The number of methoxy groups -OCH3 is 2. The number of rotatable bonds is 4. The number of carboxylic acids is 1. The van der Waals surface area contributed by atoms with Crippen molar-refractivity contribution in [1.82, 2.24) is 9.97 Å². The lowest BCUT2D eigenvalue weighted by Gasteiger charge is -2.17. The van der Waals surface area contributed by atoms with Crippen molar-refractivity contribution in [3.63, 3.8) is 0 Å². The summed E-state index contributed by atoms with van der Waals surface area (Å²) in [7, 11) is 2.98. The number of nitrogens with two attached hydrogens (primary N) is 2. The number of anilines is 2. The van der Waals surface area contributed by atoms with E-state index in [1.54, 1.807) is 24.3 Å². The van der Waals surface area contributed by atoms with E-state index in [0.717, 1.165) is 0 Å². The number of carbonyl (C=O) groups is 1. The molecule has 3 aromatic rings. The predicted octanol–water partition coefficient (Wildman–Crippen LogP) is 2.18. The van der Waals surface area contributed by atoms with Gasteiger partial charge in [-0.3, -0.25) is 0 Å². The van der Waals surface area contributed by atoms with Gasteiger partial charge in [-0.05, 0) is 18.2 Å². The van der Waals surface area contributed by atoms with Crippen molar-refractivity contribution in [2.24, 2.45) is 0 Å². The molecule has 0 saturated heterocycles. The van der Waals surface area contributed by atoms with Gasteiger partial charge in [-0.25, -0.2) is 9.78 Å². The quantitative estimate of drug-likeness (QED) is 0.658. The van der Waals surface area contributed by atoms with Gasteiger partial charge in [-0.1, -0.05) is 12.1 Å². The molecule has 128 valence electrons. The van der Waals surface area contributed by atoms with E-state index < -0.39 is 5.97 Å². The van der Waals surface area contributed by atoms with Crippen molar-refractivity contribution in [1.29, 1.82) is 0 Å². The van der Waals surface area contributed by atoms with Crippen LogP contribution < -0.4 is 20.9 Å². The number of fused-ring (bicyclic) bond motifs is 1. The number of nitrogen functional groups attached to an aromatic ring is 2. The summed E-state index contributed by atoms with van der Waals surface area (Å²) in [6, 6.07) is 8.16. The van der Waals surface area contributed by atoms with E-state index in [0.29, 0.717) is 33.5 Å². The fourth-order valence-electron chi connectivity index (χ4n) is 2.81. The maximum atomic E-state index is 11.8. The third kappa shape index (κ3) is 2.63. The number of nitrogens with zero attached hydrogens (tertiary/aromatic N) is 2. The second-order valence-corrected chi connectivity index (χ2v) is 5.20. The summed E-state index contributed by atoms with van der Waals surface area (Å²) in [6.45, 7) is 0. The number of benzene rings is 2. The minimum Gasteiger partial charge on any atom is -0.493 e. The highest BCUT2D eigenvalue weighted by molar-refractivity contribution is 6.11. The summed E-state index contributed by atoms with van der Waals surface area (Å²) in [4.78, 5) is 19.9. The molecular formula is C17H16N4O4. The van der Waals surface area contributed by atoms with Crippen LogP contribution in [0.3, 0.4) is 0 Å². The smallest absolute Gasteiger partial charge is 0.336 e. The average Bonchev–Trinajstić information content (AvgIpc) is 2.59. The van der Waals surface area contributed by atoms with Crippen molar-refractivity contribution >= 4 is 28.6 Å². The van der Waals surface area contributed by atoms with Crippen LogP contribution in [0, 0.1) is 0 Å². The predicted molar refractivity (Wildman–Crippen MR) is 93.9 cm³/mol. The fourth-order valence-corrected chi connectivity index (χ4v) is 2.81. The minimum absolute atomic E-state index is 0.0108. The molecule has 0 unspecified atom stereocenters. The van der Waals surface area contributed by atoms with Crippen LogP contribution in [-0.2, 0) is 0 Å². The van der Waals surface area contributed by atoms with Gasteiger partial charge in [0.2, 0.25) is 5.95 Å². The molecule has 0 spiro atoms. The molecule has 0 bridgehead atoms. The Morgan fingerprint density at radius 3 is 2.48 bits per heavy atom. The molecule has 0 aliphatic carbocycles. The van der Waals surface area contributed by atoms with Gasteiger partial charge in [-0.15, -0.1) is 0 Å². The Morgan fingerprint density at radius 2 is 1.84 bits per heavy atom. The molecule has 1 heterocycles. The van der Waals surface area contributed by atoms with Crippen LogP contribution in [0.25, 0.3) is 22.0 Å². The molecule has 0 amide bonds. The third-order valence-corrected chi connectivity index (χ3v) is 3.81. The SMILES string of the molecule is COc1cccc(-c2c(C(=O)O)ccc3nc(N)nc(N)c23)c1OC. The van der Waals surface area contributed by atoms with Gasteiger partial charge in [0.15, 0.2) is 11.5 Å². The number of carboxylic acid groups (broad SMARTS) is 1. The van der Waals surface area contributed by atoms with Gasteiger partial charge in [0.25, 0.3) is 0 Å². The third-order valence-electron chi connectivity index (χ3n) is 3.81. The number of hydrogen-bond donors (Lipinski definition) is 3. The zero-order valence-electron chi connectivity index (χ0n) is 13.6. The second-order valence-electron chi connectivity index (χ2n) is 5.20. The highest BCUT2D eigenvalue weighted by Crippen LogP contribution is 2.43. The molecule has 8 heteroatoms. The van der Waals surface area contributed by atoms with Gasteiger partial charge in [0.05, 0.1) is 30.7 Å². The summed E-state index contributed by atoms with van der Waals surface area (Å²) in [5, 5.41) is 10.0. The molecule has 8 nitrogen and oxygen atoms in total. The van der Waals surface area contributed by atoms with Crippen LogP contribution in [0.5, 0.6) is 11.5 Å². The van der Waals surface area contributed by atoms with E-state index in [1.165, 1.54) is 20.3 Å². The van der Waals surface area contributed by atoms with E-state index in [9.17, 15) is 9.90 Å². The zero-order chi connectivity index (χ0) is 18.1. The van der Waals surface area contributed by atoms with E-state index in [1.807, 2.05) is 0 Å². The Hall–Kier alpha value is -3.55. The number of ether oxygens (including phenoxy) is 2. The lowest BCUT2D eigenvalue weighted by atomic mass is 9.94. The summed E-state index contributed by atoms with van der Waals surface area (Å²) >= 11 is 0. The van der Waals surface area contributed by atoms with Gasteiger partial charge in [0.1, 0.15) is 5.82 Å². The molecule has 0 saturated carbocycles. The van der Waals surface area contributed by atoms with E-state index in [2.05, 4.69) is 9.97 Å². The number of aromatic carboxylic acids is 1. The van der Waals surface area contributed by atoms with Crippen molar-refractivity contribution < 1.29 is 19.4 Å². The first-order chi connectivity index (χ1) is 12.0. The molecule has 3 rings (SSSR count). The van der Waals surface area contributed by atoms with Crippen molar-refractivity contribution in [3.05, 3.63) is 35.9 Å². The average molecular weight is 340 g/mol. The first-order valence-corrected chi connectivity index (χ1v) is 7.28. The van der Waals surface area contributed by atoms with Crippen LogP contribution in [0.2, 0.25) is 0 Å². The Kier molecular flexibility index (Phi) is 4.02. The molecule has 0 fully saturated rings. The topological polar surface area (TPSA) is 134 Å². The first-order valence-electron chi connectivity index (χ1n) is 7.28. The highest BCUT2D eigenvalue weighted by atomic mass is 16.5. The minimum atomic E-state index is -1.11. The lowest BCUT2D eigenvalue weighted by molar-refractivity contribution is 0.0698. The molecule has 5 N–H and O–H groups in total. The Bertz CT molecular complexity index is 988. The molecule has 2 aromatic carbocycles. The second kappa shape index (κ2) is 6.16. The molecule has 0 aliphatic heterocycles. The molecular weight excluding hydrogens is 324 g/mol. The summed E-state index contributed by atoms with van der Waals surface area (Å²) < 4.78 is 10.7. The van der Waals surface area contributed by atoms with Crippen LogP contribution in [0.1, 0.15) is 10.4 Å². The molecule has 25 heavy (non-hydrogen) atoms. The van der Waals surface area contributed by atoms with Crippen LogP contribution in [0.15, 0.2) is 30.3 Å². The summed E-state index contributed by atoms with van der Waals surface area (Å²) in [6.07, 6.45) is 0.